The quantitative estimate of drug-likeness (QED) is 0.776. The summed E-state index contributed by atoms with van der Waals surface area (Å²) in [5.74, 6) is -0.679. The van der Waals surface area contributed by atoms with Gasteiger partial charge in [0.15, 0.2) is 0 Å². The SMILES string of the molecule is C[C@@H](NC(=O)C(C)(C)c1ccccc1F)c1ccc(NC(N)=O)cc1. The Morgan fingerprint density at radius 3 is 2.24 bits per heavy atom. The molecule has 25 heavy (non-hydrogen) atoms. The molecule has 0 bridgehead atoms. The molecule has 4 N–H and O–H groups in total. The van der Waals surface area contributed by atoms with Gasteiger partial charge in [0, 0.05) is 11.3 Å². The molecule has 0 aliphatic rings. The first kappa shape index (κ1) is 18.4. The first-order valence-electron chi connectivity index (χ1n) is 7.94. The van der Waals surface area contributed by atoms with E-state index in [4.69, 9.17) is 5.73 Å². The van der Waals surface area contributed by atoms with Gasteiger partial charge in [-0.3, -0.25) is 4.79 Å². The van der Waals surface area contributed by atoms with Crippen LogP contribution in [0.25, 0.3) is 0 Å². The van der Waals surface area contributed by atoms with Gasteiger partial charge in [0.2, 0.25) is 5.91 Å². The third-order valence-corrected chi connectivity index (χ3v) is 4.14. The highest BCUT2D eigenvalue weighted by Gasteiger charge is 2.33. The maximum absolute atomic E-state index is 14.0. The number of halogens is 1. The molecular weight excluding hydrogens is 321 g/mol. The second-order valence-corrected chi connectivity index (χ2v) is 6.41. The molecule has 1 atom stereocenters. The number of primary amides is 1. The van der Waals surface area contributed by atoms with Crippen LogP contribution in [0.5, 0.6) is 0 Å². The number of nitrogens with one attached hydrogen (secondary N) is 2. The molecular formula is C19H22FN3O2. The number of carbonyl (C=O) groups excluding carboxylic acids is 2. The summed E-state index contributed by atoms with van der Waals surface area (Å²) >= 11 is 0. The van der Waals surface area contributed by atoms with Gasteiger partial charge in [0.1, 0.15) is 5.82 Å². The number of nitrogens with two attached hydrogens (primary N) is 1. The van der Waals surface area contributed by atoms with Crippen LogP contribution in [0.15, 0.2) is 48.5 Å². The van der Waals surface area contributed by atoms with Crippen LogP contribution in [0.4, 0.5) is 14.9 Å². The zero-order valence-corrected chi connectivity index (χ0v) is 14.5. The topological polar surface area (TPSA) is 84.2 Å². The van der Waals surface area contributed by atoms with Crippen LogP contribution in [0.2, 0.25) is 0 Å². The summed E-state index contributed by atoms with van der Waals surface area (Å²) in [6.45, 7) is 5.21. The Kier molecular flexibility index (Phi) is 5.41. The number of carbonyl (C=O) groups is 2. The first-order chi connectivity index (χ1) is 11.7. The lowest BCUT2D eigenvalue weighted by Crippen LogP contribution is -2.41. The highest BCUT2D eigenvalue weighted by molar-refractivity contribution is 5.88. The molecule has 0 aliphatic heterocycles. The van der Waals surface area contributed by atoms with Crippen molar-refractivity contribution in [1.29, 1.82) is 0 Å². The van der Waals surface area contributed by atoms with Crippen molar-refractivity contribution < 1.29 is 14.0 Å². The maximum Gasteiger partial charge on any atom is 0.316 e. The van der Waals surface area contributed by atoms with Crippen LogP contribution in [0.3, 0.4) is 0 Å². The zero-order chi connectivity index (χ0) is 18.6. The van der Waals surface area contributed by atoms with Gasteiger partial charge in [-0.15, -0.1) is 0 Å². The van der Waals surface area contributed by atoms with Gasteiger partial charge >= 0.3 is 6.03 Å². The lowest BCUT2D eigenvalue weighted by Gasteiger charge is -2.27. The molecule has 0 saturated heterocycles. The third kappa shape index (κ3) is 4.35. The molecule has 2 rings (SSSR count). The Labute approximate surface area is 146 Å². The molecule has 0 unspecified atom stereocenters. The van der Waals surface area contributed by atoms with Crippen molar-refractivity contribution >= 4 is 17.6 Å². The van der Waals surface area contributed by atoms with E-state index in [0.29, 0.717) is 11.3 Å². The van der Waals surface area contributed by atoms with Crippen LogP contribution in [-0.4, -0.2) is 11.9 Å². The molecule has 0 saturated carbocycles. The van der Waals surface area contributed by atoms with Gasteiger partial charge in [-0.05, 0) is 44.5 Å². The minimum Gasteiger partial charge on any atom is -0.351 e. The van der Waals surface area contributed by atoms with E-state index in [1.807, 2.05) is 6.92 Å². The Morgan fingerprint density at radius 1 is 1.08 bits per heavy atom. The van der Waals surface area contributed by atoms with Crippen molar-refractivity contribution in [2.24, 2.45) is 5.73 Å². The van der Waals surface area contributed by atoms with Crippen LogP contribution >= 0.6 is 0 Å². The van der Waals surface area contributed by atoms with E-state index in [1.165, 1.54) is 6.07 Å². The summed E-state index contributed by atoms with van der Waals surface area (Å²) in [7, 11) is 0. The molecule has 0 aliphatic carbocycles. The highest BCUT2D eigenvalue weighted by Crippen LogP contribution is 2.27. The summed E-state index contributed by atoms with van der Waals surface area (Å²) in [6, 6.07) is 12.3. The minimum absolute atomic E-state index is 0.274. The predicted molar refractivity (Wildman–Crippen MR) is 95.6 cm³/mol. The third-order valence-electron chi connectivity index (χ3n) is 4.14. The van der Waals surface area contributed by atoms with E-state index < -0.39 is 17.3 Å². The summed E-state index contributed by atoms with van der Waals surface area (Å²) < 4.78 is 14.0. The molecule has 0 spiro atoms. The average molecular weight is 343 g/mol. The van der Waals surface area contributed by atoms with E-state index in [1.54, 1.807) is 56.3 Å². The van der Waals surface area contributed by atoms with Crippen LogP contribution in [-0.2, 0) is 10.2 Å². The van der Waals surface area contributed by atoms with Crippen LogP contribution < -0.4 is 16.4 Å². The fourth-order valence-corrected chi connectivity index (χ4v) is 2.55. The van der Waals surface area contributed by atoms with E-state index in [0.717, 1.165) is 5.56 Å². The number of anilines is 1. The standard InChI is InChI=1S/C19H22FN3O2/c1-12(13-8-10-14(11-9-13)23-18(21)25)22-17(24)19(2,3)15-6-4-5-7-16(15)20/h4-12H,1-3H3,(H,22,24)(H3,21,23,25)/t12-/m1/s1. The molecule has 3 amide bonds. The fraction of sp³-hybridized carbons (Fsp3) is 0.263. The van der Waals surface area contributed by atoms with Crippen molar-refractivity contribution in [2.75, 3.05) is 5.32 Å². The Morgan fingerprint density at radius 2 is 1.68 bits per heavy atom. The van der Waals surface area contributed by atoms with Crippen molar-refractivity contribution in [3.05, 3.63) is 65.5 Å². The average Bonchev–Trinajstić information content (AvgIpc) is 2.55. The zero-order valence-electron chi connectivity index (χ0n) is 14.5. The van der Waals surface area contributed by atoms with Crippen LogP contribution in [0.1, 0.15) is 37.9 Å². The summed E-state index contributed by atoms with van der Waals surface area (Å²) in [5.41, 5.74) is 5.83. The number of hydrogen-bond acceptors (Lipinski definition) is 2. The van der Waals surface area contributed by atoms with E-state index in [-0.39, 0.29) is 11.9 Å². The monoisotopic (exact) mass is 343 g/mol. The second kappa shape index (κ2) is 7.34. The van der Waals surface area contributed by atoms with Gasteiger partial charge in [0.25, 0.3) is 0 Å². The minimum atomic E-state index is -1.01. The number of rotatable bonds is 5. The van der Waals surface area contributed by atoms with Gasteiger partial charge < -0.3 is 16.4 Å². The van der Waals surface area contributed by atoms with Crippen LogP contribution in [0, 0.1) is 5.82 Å². The molecule has 0 heterocycles. The van der Waals surface area contributed by atoms with E-state index in [9.17, 15) is 14.0 Å². The predicted octanol–water partition coefficient (Wildman–Crippen LogP) is 3.47. The van der Waals surface area contributed by atoms with Crippen molar-refractivity contribution in [3.8, 4) is 0 Å². The molecule has 6 heteroatoms. The number of urea groups is 1. The summed E-state index contributed by atoms with van der Waals surface area (Å²) in [4.78, 5) is 23.5. The van der Waals surface area contributed by atoms with Gasteiger partial charge in [0.05, 0.1) is 11.5 Å². The number of hydrogen-bond donors (Lipinski definition) is 3. The van der Waals surface area contributed by atoms with Gasteiger partial charge in [-0.2, -0.15) is 0 Å². The number of amides is 3. The molecule has 5 nitrogen and oxygen atoms in total. The number of benzene rings is 2. The fourth-order valence-electron chi connectivity index (χ4n) is 2.55. The lowest BCUT2D eigenvalue weighted by molar-refractivity contribution is -0.126. The molecule has 0 fully saturated rings. The maximum atomic E-state index is 14.0. The molecule has 0 aromatic heterocycles. The van der Waals surface area contributed by atoms with Crippen molar-refractivity contribution in [2.45, 2.75) is 32.2 Å². The van der Waals surface area contributed by atoms with Gasteiger partial charge in [-0.25, -0.2) is 9.18 Å². The second-order valence-electron chi connectivity index (χ2n) is 6.41. The van der Waals surface area contributed by atoms with E-state index in [2.05, 4.69) is 10.6 Å². The highest BCUT2D eigenvalue weighted by atomic mass is 19.1. The normalized spacial score (nSPS) is 12.3. The Bertz CT molecular complexity index is 772. The van der Waals surface area contributed by atoms with Crippen molar-refractivity contribution in [1.82, 2.24) is 5.32 Å². The lowest BCUT2D eigenvalue weighted by atomic mass is 9.83. The molecule has 2 aromatic rings. The molecule has 0 radical (unpaired) electrons. The molecule has 2 aromatic carbocycles. The Hall–Kier alpha value is -2.89. The van der Waals surface area contributed by atoms with E-state index >= 15 is 0 Å². The molecule has 132 valence electrons. The Balaban J connectivity index is 2.11. The smallest absolute Gasteiger partial charge is 0.316 e. The first-order valence-corrected chi connectivity index (χ1v) is 7.94. The summed E-state index contributed by atoms with van der Waals surface area (Å²) in [5, 5.41) is 5.38. The van der Waals surface area contributed by atoms with Crippen molar-refractivity contribution in [3.63, 3.8) is 0 Å². The summed E-state index contributed by atoms with van der Waals surface area (Å²) in [6.07, 6.45) is 0. The van der Waals surface area contributed by atoms with Gasteiger partial charge in [-0.1, -0.05) is 30.3 Å². The largest absolute Gasteiger partial charge is 0.351 e.